The third-order valence-corrected chi connectivity index (χ3v) is 5.43. The fourth-order valence-electron chi connectivity index (χ4n) is 3.84. The number of nitrogens with zero attached hydrogens (tertiary/aromatic N) is 2. The molecule has 0 spiro atoms. The van der Waals surface area contributed by atoms with Crippen molar-refractivity contribution in [3.8, 4) is 0 Å². The number of benzene rings is 3. The van der Waals surface area contributed by atoms with Crippen molar-refractivity contribution >= 4 is 29.1 Å². The minimum Gasteiger partial charge on any atom is -0.375 e. The van der Waals surface area contributed by atoms with Crippen molar-refractivity contribution in [2.45, 2.75) is 12.0 Å². The number of aliphatic hydroxyl groups is 1. The van der Waals surface area contributed by atoms with Crippen LogP contribution in [0.25, 0.3) is 6.08 Å². The number of para-hydroxylation sites is 1. The fourth-order valence-corrected chi connectivity index (χ4v) is 3.84. The first-order chi connectivity index (χ1) is 15.4. The van der Waals surface area contributed by atoms with Gasteiger partial charge in [-0.2, -0.15) is 0 Å². The highest BCUT2D eigenvalue weighted by molar-refractivity contribution is 6.11. The Bertz CT molecular complexity index is 1220. The highest BCUT2D eigenvalue weighted by Gasteiger charge is 2.50. The number of carbonyl (C=O) groups is 2. The lowest BCUT2D eigenvalue weighted by Crippen LogP contribution is -2.42. The van der Waals surface area contributed by atoms with Crippen LogP contribution >= 0.6 is 0 Å². The summed E-state index contributed by atoms with van der Waals surface area (Å²) in [6, 6.07) is 21.7. The number of hydrogen-bond acceptors (Lipinski definition) is 5. The van der Waals surface area contributed by atoms with Gasteiger partial charge in [0.2, 0.25) is 0 Å². The van der Waals surface area contributed by atoms with E-state index in [0.29, 0.717) is 11.3 Å². The first-order valence-electron chi connectivity index (χ1n) is 10.0. The summed E-state index contributed by atoms with van der Waals surface area (Å²) in [6.45, 7) is 0.220. The summed E-state index contributed by atoms with van der Waals surface area (Å²) in [7, 11) is 0. The van der Waals surface area contributed by atoms with Crippen LogP contribution in [0.15, 0.2) is 84.9 Å². The van der Waals surface area contributed by atoms with Crippen LogP contribution < -0.4 is 4.90 Å². The predicted octanol–water partition coefficient (Wildman–Crippen LogP) is 4.12. The average Bonchev–Trinajstić information content (AvgIpc) is 3.01. The Morgan fingerprint density at radius 1 is 1.03 bits per heavy atom. The van der Waals surface area contributed by atoms with Gasteiger partial charge in [-0.15, -0.1) is 0 Å². The van der Waals surface area contributed by atoms with Gasteiger partial charge in [-0.25, -0.2) is 0 Å². The smallest absolute Gasteiger partial charge is 0.270 e. The van der Waals surface area contributed by atoms with Crippen molar-refractivity contribution in [2.24, 2.45) is 0 Å². The van der Waals surface area contributed by atoms with E-state index < -0.39 is 28.6 Å². The van der Waals surface area contributed by atoms with E-state index >= 15 is 0 Å². The summed E-state index contributed by atoms with van der Waals surface area (Å²) >= 11 is 0. The maximum Gasteiger partial charge on any atom is 0.270 e. The molecule has 1 aliphatic rings. The number of nitro groups is 1. The Morgan fingerprint density at radius 2 is 1.75 bits per heavy atom. The minimum absolute atomic E-state index is 0.0697. The molecule has 1 amide bonds. The van der Waals surface area contributed by atoms with Gasteiger partial charge in [0.05, 0.1) is 17.0 Å². The van der Waals surface area contributed by atoms with Crippen LogP contribution in [0.2, 0.25) is 0 Å². The van der Waals surface area contributed by atoms with Gasteiger partial charge in [-0.05, 0) is 11.6 Å². The maximum atomic E-state index is 13.3. The molecule has 160 valence electrons. The lowest BCUT2D eigenvalue weighted by Gasteiger charge is -2.22. The van der Waals surface area contributed by atoms with E-state index in [4.69, 9.17) is 0 Å². The second-order valence-electron chi connectivity index (χ2n) is 7.51. The number of rotatable bonds is 7. The summed E-state index contributed by atoms with van der Waals surface area (Å²) in [5, 5.41) is 22.4. The second-order valence-corrected chi connectivity index (χ2v) is 7.51. The number of ketones is 1. The van der Waals surface area contributed by atoms with Crippen molar-refractivity contribution in [2.75, 3.05) is 11.4 Å². The van der Waals surface area contributed by atoms with Gasteiger partial charge < -0.3 is 10.0 Å². The number of carbonyl (C=O) groups excluding carboxylic acids is 2. The molecule has 1 atom stereocenters. The van der Waals surface area contributed by atoms with Crippen LogP contribution in [-0.4, -0.2) is 28.3 Å². The van der Waals surface area contributed by atoms with Crippen molar-refractivity contribution in [3.05, 3.63) is 112 Å². The van der Waals surface area contributed by atoms with Gasteiger partial charge in [-0.3, -0.25) is 19.7 Å². The maximum absolute atomic E-state index is 13.3. The van der Waals surface area contributed by atoms with E-state index in [-0.39, 0.29) is 17.8 Å². The SMILES string of the molecule is O=C(CC1(O)C(=O)N(CC=Cc2ccccc2)c2ccccc21)c1cccc([N+](=O)[O-])c1. The Kier molecular flexibility index (Phi) is 5.66. The number of hydrogen-bond donors (Lipinski definition) is 1. The van der Waals surface area contributed by atoms with Gasteiger partial charge in [0.15, 0.2) is 11.4 Å². The molecule has 0 saturated carbocycles. The molecule has 0 aromatic heterocycles. The minimum atomic E-state index is -2.04. The Morgan fingerprint density at radius 3 is 2.50 bits per heavy atom. The number of fused-ring (bicyclic) bond motifs is 1. The number of nitro benzene ring substituents is 1. The highest BCUT2D eigenvalue weighted by atomic mass is 16.6. The molecule has 0 radical (unpaired) electrons. The van der Waals surface area contributed by atoms with E-state index in [1.54, 1.807) is 24.3 Å². The molecule has 3 aromatic carbocycles. The molecular weight excluding hydrogens is 408 g/mol. The molecule has 0 aliphatic carbocycles. The fraction of sp³-hybridized carbons (Fsp3) is 0.120. The van der Waals surface area contributed by atoms with Crippen LogP contribution in [-0.2, 0) is 10.4 Å². The van der Waals surface area contributed by atoms with Crippen LogP contribution in [0, 0.1) is 10.1 Å². The molecule has 4 rings (SSSR count). The number of Topliss-reactive ketones (excluding diaryl/α,β-unsaturated/α-hetero) is 1. The summed E-state index contributed by atoms with van der Waals surface area (Å²) < 4.78 is 0. The Balaban J connectivity index is 1.60. The van der Waals surface area contributed by atoms with E-state index in [9.17, 15) is 24.8 Å². The molecule has 1 heterocycles. The summed E-state index contributed by atoms with van der Waals surface area (Å²) in [5.41, 5.74) is -0.349. The molecule has 7 heteroatoms. The number of non-ortho nitro benzene ring substituents is 1. The summed E-state index contributed by atoms with van der Waals surface area (Å²) in [5.74, 6) is -1.16. The number of anilines is 1. The molecule has 3 aromatic rings. The molecule has 0 bridgehead atoms. The quantitative estimate of drug-likeness (QED) is 0.347. The first-order valence-corrected chi connectivity index (χ1v) is 10.0. The van der Waals surface area contributed by atoms with Crippen molar-refractivity contribution in [1.29, 1.82) is 0 Å². The van der Waals surface area contributed by atoms with Crippen molar-refractivity contribution in [3.63, 3.8) is 0 Å². The highest BCUT2D eigenvalue weighted by Crippen LogP contribution is 2.42. The third-order valence-electron chi connectivity index (χ3n) is 5.43. The van der Waals surface area contributed by atoms with Crippen LogP contribution in [0.1, 0.15) is 27.9 Å². The van der Waals surface area contributed by atoms with E-state index in [2.05, 4.69) is 0 Å². The zero-order chi connectivity index (χ0) is 22.7. The predicted molar refractivity (Wildman–Crippen MR) is 120 cm³/mol. The van der Waals surface area contributed by atoms with Crippen LogP contribution in [0.5, 0.6) is 0 Å². The van der Waals surface area contributed by atoms with E-state index in [1.165, 1.54) is 23.1 Å². The van der Waals surface area contributed by atoms with Gasteiger partial charge in [-0.1, -0.05) is 72.8 Å². The van der Waals surface area contributed by atoms with Gasteiger partial charge in [0.25, 0.3) is 11.6 Å². The standard InChI is InChI=1S/C25H20N2O5/c28-23(19-11-6-12-20(16-19)27(31)32)17-25(30)21-13-4-5-14-22(21)26(24(25)29)15-7-10-18-8-2-1-3-9-18/h1-14,16,30H,15,17H2. The van der Waals surface area contributed by atoms with Crippen LogP contribution in [0.3, 0.4) is 0 Å². The lowest BCUT2D eigenvalue weighted by atomic mass is 9.88. The van der Waals surface area contributed by atoms with E-state index in [0.717, 1.165) is 11.6 Å². The molecular formula is C25H20N2O5. The molecule has 7 nitrogen and oxygen atoms in total. The van der Waals surface area contributed by atoms with Crippen LogP contribution in [0.4, 0.5) is 11.4 Å². The molecule has 1 unspecified atom stereocenters. The Hall–Kier alpha value is -4.10. The molecule has 0 fully saturated rings. The van der Waals surface area contributed by atoms with Gasteiger partial charge >= 0.3 is 0 Å². The largest absolute Gasteiger partial charge is 0.375 e. The average molecular weight is 428 g/mol. The molecule has 0 saturated heterocycles. The van der Waals surface area contributed by atoms with E-state index in [1.807, 2.05) is 42.5 Å². The molecule has 1 N–H and O–H groups in total. The molecule has 1 aliphatic heterocycles. The second kappa shape index (κ2) is 8.56. The Labute approximate surface area is 184 Å². The van der Waals surface area contributed by atoms with Gasteiger partial charge in [0, 0.05) is 29.8 Å². The normalized spacial score (nSPS) is 17.5. The summed E-state index contributed by atoms with van der Waals surface area (Å²) in [6.07, 6.45) is 3.18. The zero-order valence-electron chi connectivity index (χ0n) is 17.0. The number of amides is 1. The third kappa shape index (κ3) is 3.93. The van der Waals surface area contributed by atoms with Crippen molar-refractivity contribution in [1.82, 2.24) is 0 Å². The lowest BCUT2D eigenvalue weighted by molar-refractivity contribution is -0.384. The van der Waals surface area contributed by atoms with Gasteiger partial charge in [0.1, 0.15) is 0 Å². The molecule has 32 heavy (non-hydrogen) atoms. The summed E-state index contributed by atoms with van der Waals surface area (Å²) in [4.78, 5) is 38.0. The zero-order valence-corrected chi connectivity index (χ0v) is 17.0. The van der Waals surface area contributed by atoms with Crippen molar-refractivity contribution < 1.29 is 19.6 Å². The monoisotopic (exact) mass is 428 g/mol. The topological polar surface area (TPSA) is 101 Å². The first kappa shape index (κ1) is 21.1.